The molecule has 1 atom stereocenters. The molecule has 3 nitrogen and oxygen atoms in total. The molecule has 0 heterocycles. The molecular formula is C14H21NO2. The lowest BCUT2D eigenvalue weighted by Gasteiger charge is -2.15. The number of nitrogens with one attached hydrogen (secondary N) is 1. The second-order valence-corrected chi connectivity index (χ2v) is 4.44. The molecule has 0 radical (unpaired) electrons. The second kappa shape index (κ2) is 5.41. The molecule has 0 saturated carbocycles. The van der Waals surface area contributed by atoms with Crippen molar-refractivity contribution in [2.24, 2.45) is 0 Å². The van der Waals surface area contributed by atoms with Crippen LogP contribution in [0.15, 0.2) is 12.1 Å². The van der Waals surface area contributed by atoms with Crippen LogP contribution in [-0.2, 0) is 6.42 Å². The summed E-state index contributed by atoms with van der Waals surface area (Å²) in [6.45, 7) is 3.25. The first-order valence-corrected chi connectivity index (χ1v) is 6.28. The van der Waals surface area contributed by atoms with Crippen LogP contribution >= 0.6 is 0 Å². The minimum Gasteiger partial charge on any atom is -0.497 e. The van der Waals surface area contributed by atoms with Crippen LogP contribution < -0.4 is 14.8 Å². The first-order valence-electron chi connectivity index (χ1n) is 6.28. The molecule has 17 heavy (non-hydrogen) atoms. The zero-order valence-corrected chi connectivity index (χ0v) is 10.9. The maximum atomic E-state index is 5.44. The van der Waals surface area contributed by atoms with Gasteiger partial charge in [0, 0.05) is 12.1 Å². The highest BCUT2D eigenvalue weighted by atomic mass is 16.5. The van der Waals surface area contributed by atoms with Crippen LogP contribution in [0.1, 0.15) is 36.9 Å². The number of benzene rings is 1. The third kappa shape index (κ3) is 2.39. The lowest BCUT2D eigenvalue weighted by molar-refractivity contribution is 0.391. The van der Waals surface area contributed by atoms with Crippen molar-refractivity contribution in [1.29, 1.82) is 0 Å². The number of methoxy groups -OCH3 is 2. The summed E-state index contributed by atoms with van der Waals surface area (Å²) in [5.41, 5.74) is 2.68. The van der Waals surface area contributed by atoms with Crippen molar-refractivity contribution in [3.8, 4) is 11.5 Å². The van der Waals surface area contributed by atoms with Crippen LogP contribution in [0, 0.1) is 0 Å². The number of hydrogen-bond donors (Lipinski definition) is 1. The Balaban J connectivity index is 2.30. The van der Waals surface area contributed by atoms with E-state index in [2.05, 4.69) is 18.3 Å². The van der Waals surface area contributed by atoms with Gasteiger partial charge < -0.3 is 14.8 Å². The third-order valence-electron chi connectivity index (χ3n) is 3.37. The summed E-state index contributed by atoms with van der Waals surface area (Å²) in [6, 6.07) is 4.56. The van der Waals surface area contributed by atoms with Crippen molar-refractivity contribution >= 4 is 0 Å². The van der Waals surface area contributed by atoms with Gasteiger partial charge >= 0.3 is 0 Å². The van der Waals surface area contributed by atoms with E-state index in [1.165, 1.54) is 11.1 Å². The highest BCUT2D eigenvalue weighted by molar-refractivity contribution is 5.50. The molecule has 94 valence electrons. The van der Waals surface area contributed by atoms with E-state index in [1.54, 1.807) is 14.2 Å². The minimum absolute atomic E-state index is 0.453. The smallest absolute Gasteiger partial charge is 0.126 e. The van der Waals surface area contributed by atoms with Crippen molar-refractivity contribution in [3.63, 3.8) is 0 Å². The largest absolute Gasteiger partial charge is 0.497 e. The minimum atomic E-state index is 0.453. The van der Waals surface area contributed by atoms with Crippen LogP contribution in [0.3, 0.4) is 0 Å². The van der Waals surface area contributed by atoms with Gasteiger partial charge in [-0.05, 0) is 43.0 Å². The van der Waals surface area contributed by atoms with Crippen molar-refractivity contribution in [2.45, 2.75) is 32.2 Å². The van der Waals surface area contributed by atoms with Gasteiger partial charge in [-0.3, -0.25) is 0 Å². The van der Waals surface area contributed by atoms with Gasteiger partial charge in [0.1, 0.15) is 11.5 Å². The Bertz CT molecular complexity index is 390. The highest BCUT2D eigenvalue weighted by Gasteiger charge is 2.25. The van der Waals surface area contributed by atoms with E-state index in [1.807, 2.05) is 6.07 Å². The zero-order valence-electron chi connectivity index (χ0n) is 10.9. The molecule has 1 aliphatic rings. The molecule has 3 heteroatoms. The second-order valence-electron chi connectivity index (χ2n) is 4.44. The molecule has 2 rings (SSSR count). The van der Waals surface area contributed by atoms with Gasteiger partial charge in [0.15, 0.2) is 0 Å². The first kappa shape index (κ1) is 12.2. The van der Waals surface area contributed by atoms with Crippen LogP contribution in [0.4, 0.5) is 0 Å². The van der Waals surface area contributed by atoms with Crippen LogP contribution in [0.25, 0.3) is 0 Å². The number of rotatable bonds is 5. The fourth-order valence-corrected chi connectivity index (χ4v) is 2.49. The van der Waals surface area contributed by atoms with Gasteiger partial charge in [0.25, 0.3) is 0 Å². The number of hydrogen-bond acceptors (Lipinski definition) is 3. The van der Waals surface area contributed by atoms with Gasteiger partial charge in [-0.15, -0.1) is 0 Å². The molecule has 0 aliphatic heterocycles. The number of ether oxygens (including phenoxy) is 2. The van der Waals surface area contributed by atoms with E-state index < -0.39 is 0 Å². The lowest BCUT2D eigenvalue weighted by Crippen LogP contribution is -2.19. The molecule has 0 fully saturated rings. The molecule has 0 spiro atoms. The van der Waals surface area contributed by atoms with E-state index in [9.17, 15) is 0 Å². The van der Waals surface area contributed by atoms with Gasteiger partial charge in [0.2, 0.25) is 0 Å². The predicted molar refractivity (Wildman–Crippen MR) is 68.9 cm³/mol. The van der Waals surface area contributed by atoms with E-state index in [4.69, 9.17) is 9.47 Å². The number of fused-ring (bicyclic) bond motifs is 1. The van der Waals surface area contributed by atoms with Crippen LogP contribution in [0.2, 0.25) is 0 Å². The normalized spacial score (nSPS) is 17.9. The van der Waals surface area contributed by atoms with Gasteiger partial charge in [-0.25, -0.2) is 0 Å². The molecule has 1 unspecified atom stereocenters. The van der Waals surface area contributed by atoms with E-state index in [0.29, 0.717) is 6.04 Å². The summed E-state index contributed by atoms with van der Waals surface area (Å²) in [4.78, 5) is 0. The summed E-state index contributed by atoms with van der Waals surface area (Å²) in [6.07, 6.45) is 3.40. The standard InChI is InChI=1S/C14H21NO2/c1-4-7-15-13-6-5-11-12(13)8-10(16-2)9-14(11)17-3/h8-9,13,15H,4-7H2,1-3H3. The molecule has 1 aliphatic carbocycles. The predicted octanol–water partition coefficient (Wildman–Crippen LogP) is 2.69. The van der Waals surface area contributed by atoms with Crippen LogP contribution in [0.5, 0.6) is 11.5 Å². The molecule has 0 saturated heterocycles. The summed E-state index contributed by atoms with van der Waals surface area (Å²) >= 11 is 0. The third-order valence-corrected chi connectivity index (χ3v) is 3.37. The molecule has 1 aromatic rings. The van der Waals surface area contributed by atoms with Gasteiger partial charge in [0.05, 0.1) is 14.2 Å². The maximum absolute atomic E-state index is 5.44. The monoisotopic (exact) mass is 235 g/mol. The Hall–Kier alpha value is -1.22. The summed E-state index contributed by atoms with van der Waals surface area (Å²) < 4.78 is 10.8. The zero-order chi connectivity index (χ0) is 12.3. The van der Waals surface area contributed by atoms with Crippen molar-refractivity contribution in [1.82, 2.24) is 5.32 Å². The molecule has 1 aromatic carbocycles. The van der Waals surface area contributed by atoms with E-state index >= 15 is 0 Å². The lowest BCUT2D eigenvalue weighted by atomic mass is 10.1. The fraction of sp³-hybridized carbons (Fsp3) is 0.571. The van der Waals surface area contributed by atoms with E-state index in [0.717, 1.165) is 37.3 Å². The van der Waals surface area contributed by atoms with Crippen molar-refractivity contribution in [2.75, 3.05) is 20.8 Å². The molecule has 0 bridgehead atoms. The molecule has 1 N–H and O–H groups in total. The Morgan fingerprint density at radius 3 is 2.76 bits per heavy atom. The molecule has 0 aromatic heterocycles. The molecule has 0 amide bonds. The fourth-order valence-electron chi connectivity index (χ4n) is 2.49. The Morgan fingerprint density at radius 2 is 2.12 bits per heavy atom. The van der Waals surface area contributed by atoms with Crippen molar-refractivity contribution in [3.05, 3.63) is 23.3 Å². The average Bonchev–Trinajstić information content (AvgIpc) is 2.78. The van der Waals surface area contributed by atoms with Crippen molar-refractivity contribution < 1.29 is 9.47 Å². The van der Waals surface area contributed by atoms with Gasteiger partial charge in [-0.2, -0.15) is 0 Å². The topological polar surface area (TPSA) is 30.5 Å². The van der Waals surface area contributed by atoms with E-state index in [-0.39, 0.29) is 0 Å². The quantitative estimate of drug-likeness (QED) is 0.851. The average molecular weight is 235 g/mol. The Labute approximate surface area is 103 Å². The van der Waals surface area contributed by atoms with Gasteiger partial charge in [-0.1, -0.05) is 6.92 Å². The summed E-state index contributed by atoms with van der Waals surface area (Å²) in [5, 5.41) is 3.58. The first-order chi connectivity index (χ1) is 8.30. The SMILES string of the molecule is CCCNC1CCc2c(OC)cc(OC)cc21. The highest BCUT2D eigenvalue weighted by Crippen LogP contribution is 2.39. The summed E-state index contributed by atoms with van der Waals surface area (Å²) in [5.74, 6) is 1.84. The summed E-state index contributed by atoms with van der Waals surface area (Å²) in [7, 11) is 3.42. The maximum Gasteiger partial charge on any atom is 0.126 e. The Kier molecular flexibility index (Phi) is 3.89. The molecular weight excluding hydrogens is 214 g/mol. The Morgan fingerprint density at radius 1 is 1.29 bits per heavy atom. The van der Waals surface area contributed by atoms with Crippen LogP contribution in [-0.4, -0.2) is 20.8 Å².